The van der Waals surface area contributed by atoms with Crippen LogP contribution < -0.4 is 0 Å². The van der Waals surface area contributed by atoms with Crippen molar-refractivity contribution in [3.8, 4) is 0 Å². The average Bonchev–Trinajstić information content (AvgIpc) is 2.08. The van der Waals surface area contributed by atoms with Gasteiger partial charge in [-0.1, -0.05) is 0 Å². The quantitative estimate of drug-likeness (QED) is 0.292. The van der Waals surface area contributed by atoms with Crippen molar-refractivity contribution in [1.29, 1.82) is 0 Å². The first-order chi connectivity index (χ1) is 5.91. The molecule has 0 radical (unpaired) electrons. The summed E-state index contributed by atoms with van der Waals surface area (Å²) in [5.74, 6) is 0. The van der Waals surface area contributed by atoms with Gasteiger partial charge in [0.15, 0.2) is 6.29 Å². The van der Waals surface area contributed by atoms with Gasteiger partial charge in [-0.3, -0.25) is 0 Å². The van der Waals surface area contributed by atoms with E-state index in [1.54, 1.807) is 0 Å². The van der Waals surface area contributed by atoms with Crippen LogP contribution >= 0.6 is 0 Å². The zero-order valence-corrected chi connectivity index (χ0v) is 6.16. The lowest BCUT2D eigenvalue weighted by molar-refractivity contribution is -0.286. The minimum atomic E-state index is -2.52. The smallest absolute Gasteiger partial charge is 0.184 e. The molecule has 1 fully saturated rings. The number of aliphatic hydroxyl groups is 5. The van der Waals surface area contributed by atoms with Gasteiger partial charge in [0.25, 0.3) is 0 Å². The molecular formula is C6H12O6. The molecule has 72 valence electrons. The third-order valence-electron chi connectivity index (χ3n) is 1.72. The summed E-state index contributed by atoms with van der Waals surface area (Å²) in [6.07, 6.45) is -9.31. The van der Waals surface area contributed by atoms with Crippen LogP contribution in [0.15, 0.2) is 0 Å². The molecular weight excluding hydrogens is 168 g/mol. The molecule has 1 aliphatic rings. The normalized spacial score (nSPS) is 56.6. The predicted octanol–water partition coefficient (Wildman–Crippen LogP) is -3.22. The van der Waals surface area contributed by atoms with Gasteiger partial charge in [-0.05, 0) is 0 Å². The summed E-state index contributed by atoms with van der Waals surface area (Å²) in [4.78, 5) is 0. The van der Waals surface area contributed by atoms with E-state index in [0.717, 1.165) is 0 Å². The Morgan fingerprint density at radius 1 is 1.17 bits per heavy atom. The fourth-order valence-electron chi connectivity index (χ4n) is 0.976. The molecule has 1 aliphatic heterocycles. The lowest BCUT2D eigenvalue weighted by Crippen LogP contribution is -2.58. The third-order valence-corrected chi connectivity index (χ3v) is 1.72. The maximum Gasteiger partial charge on any atom is 0.184 e. The molecule has 0 amide bonds. The van der Waals surface area contributed by atoms with Crippen molar-refractivity contribution in [2.24, 2.45) is 0 Å². The molecule has 0 spiro atoms. The number of ether oxygens (including phenoxy) is 1. The Balaban J connectivity index is 2.82. The summed E-state index contributed by atoms with van der Waals surface area (Å²) in [6.45, 7) is -0.735. The summed E-state index contributed by atoms with van der Waals surface area (Å²) in [6, 6.07) is 0. The van der Waals surface area contributed by atoms with Crippen LogP contribution in [0.3, 0.4) is 0 Å². The molecule has 1 heterocycles. The van der Waals surface area contributed by atoms with Crippen molar-refractivity contribution >= 4 is 0 Å². The molecule has 5 atom stereocenters. The molecule has 6 nitrogen and oxygen atoms in total. The Morgan fingerprint density at radius 3 is 2.25 bits per heavy atom. The van der Waals surface area contributed by atoms with E-state index in [9.17, 15) is 5.11 Å². The first-order valence-corrected chi connectivity index (χ1v) is 3.44. The minimum Gasteiger partial charge on any atom is -0.394 e. The van der Waals surface area contributed by atoms with Gasteiger partial charge >= 0.3 is 0 Å². The van der Waals surface area contributed by atoms with Crippen molar-refractivity contribution in [2.75, 3.05) is 6.61 Å². The van der Waals surface area contributed by atoms with E-state index in [0.29, 0.717) is 0 Å². The highest BCUT2D eigenvalue weighted by Crippen LogP contribution is 2.18. The van der Waals surface area contributed by atoms with Crippen LogP contribution in [0.25, 0.3) is 0 Å². The van der Waals surface area contributed by atoms with Gasteiger partial charge in [-0.25, -0.2) is 0 Å². The van der Waals surface area contributed by atoms with Crippen LogP contribution in [0.4, 0.5) is 0 Å². The lowest BCUT2D eigenvalue weighted by Gasteiger charge is -2.37. The fraction of sp³-hybridized carbons (Fsp3) is 1.00. The van der Waals surface area contributed by atoms with Gasteiger partial charge in [0.05, 0.1) is 7.98 Å². The molecule has 0 saturated carbocycles. The summed E-state index contributed by atoms with van der Waals surface area (Å²) < 4.78 is 11.7. The molecule has 0 aromatic rings. The molecule has 0 aromatic carbocycles. The highest BCUT2D eigenvalue weighted by molar-refractivity contribution is 4.87. The maximum absolute atomic E-state index is 9.25. The summed E-state index contributed by atoms with van der Waals surface area (Å²) in [7, 11) is 0. The van der Waals surface area contributed by atoms with Gasteiger partial charge in [0.1, 0.15) is 24.4 Å². The number of aliphatic hydroxyl groups excluding tert-OH is 4. The molecule has 5 N–H and O–H groups in total. The van der Waals surface area contributed by atoms with Crippen LogP contribution in [0.1, 0.15) is 1.37 Å². The van der Waals surface area contributed by atoms with Gasteiger partial charge in [0, 0.05) is 0 Å². The van der Waals surface area contributed by atoms with Crippen LogP contribution in [-0.2, 0) is 4.74 Å². The van der Waals surface area contributed by atoms with Crippen molar-refractivity contribution in [1.82, 2.24) is 0 Å². The van der Waals surface area contributed by atoms with E-state index < -0.39 is 37.3 Å². The number of rotatable bonds is 1. The van der Waals surface area contributed by atoms with Crippen LogP contribution in [0, 0.1) is 0 Å². The van der Waals surface area contributed by atoms with Crippen molar-refractivity contribution < 1.29 is 31.6 Å². The SMILES string of the molecule is [3H][C@]1(O)[C@H](O)[C@@H](O)[C@H](O)O[C@@H]1CO. The second-order valence-electron chi connectivity index (χ2n) is 2.56. The standard InChI is InChI=1S/C6H12O6/c7-1-2-3(8)4(9)5(10)6(11)12-2/h2-11H,1H2/t2-,3-,4+,5-,6-/m1/s1/i3T. The van der Waals surface area contributed by atoms with Gasteiger partial charge in [-0.2, -0.15) is 0 Å². The van der Waals surface area contributed by atoms with Gasteiger partial charge < -0.3 is 30.3 Å². The number of hydrogen-bond acceptors (Lipinski definition) is 6. The second-order valence-corrected chi connectivity index (χ2v) is 2.56. The molecule has 0 aromatic heterocycles. The highest BCUT2D eigenvalue weighted by Gasteiger charge is 2.42. The number of hydrogen-bond donors (Lipinski definition) is 5. The van der Waals surface area contributed by atoms with E-state index in [1.807, 2.05) is 0 Å². The highest BCUT2D eigenvalue weighted by atomic mass is 16.6. The topological polar surface area (TPSA) is 110 Å². The van der Waals surface area contributed by atoms with E-state index in [2.05, 4.69) is 4.74 Å². The zero-order valence-electron chi connectivity index (χ0n) is 7.16. The van der Waals surface area contributed by atoms with Crippen LogP contribution in [0.5, 0.6) is 0 Å². The summed E-state index contributed by atoms with van der Waals surface area (Å²) in [5.41, 5.74) is 0. The Bertz CT molecular complexity index is 182. The summed E-state index contributed by atoms with van der Waals surface area (Å²) >= 11 is 0. The van der Waals surface area contributed by atoms with E-state index in [4.69, 9.17) is 21.8 Å². The van der Waals surface area contributed by atoms with Crippen LogP contribution in [0.2, 0.25) is 0 Å². The average molecular weight is 182 g/mol. The predicted molar refractivity (Wildman–Crippen MR) is 36.0 cm³/mol. The van der Waals surface area contributed by atoms with E-state index >= 15 is 0 Å². The van der Waals surface area contributed by atoms with Gasteiger partial charge in [0.2, 0.25) is 0 Å². The Hall–Kier alpha value is -0.240. The van der Waals surface area contributed by atoms with Crippen molar-refractivity contribution in [2.45, 2.75) is 30.7 Å². The van der Waals surface area contributed by atoms with Crippen molar-refractivity contribution in [3.05, 3.63) is 0 Å². The largest absolute Gasteiger partial charge is 0.394 e. The Morgan fingerprint density at radius 2 is 1.75 bits per heavy atom. The second kappa shape index (κ2) is 3.65. The van der Waals surface area contributed by atoms with E-state index in [-0.39, 0.29) is 0 Å². The third kappa shape index (κ3) is 1.58. The molecule has 0 unspecified atom stereocenters. The maximum atomic E-state index is 9.25. The molecule has 1 rings (SSSR count). The summed E-state index contributed by atoms with van der Waals surface area (Å²) in [5, 5.41) is 45.0. The Labute approximate surface area is 70.0 Å². The zero-order chi connectivity index (χ0) is 10.2. The van der Waals surface area contributed by atoms with Crippen LogP contribution in [-0.4, -0.2) is 62.8 Å². The lowest BCUT2D eigenvalue weighted by atomic mass is 10.00. The molecule has 6 heteroatoms. The molecule has 12 heavy (non-hydrogen) atoms. The minimum absolute atomic E-state index is 0.735. The first-order valence-electron chi connectivity index (χ1n) is 3.94. The van der Waals surface area contributed by atoms with Gasteiger partial charge in [-0.15, -0.1) is 0 Å². The Kier molecular flexibility index (Phi) is 2.54. The molecule has 1 saturated heterocycles. The van der Waals surface area contributed by atoms with Crippen molar-refractivity contribution in [3.63, 3.8) is 0 Å². The fourth-order valence-corrected chi connectivity index (χ4v) is 0.976. The monoisotopic (exact) mass is 182 g/mol. The molecule has 0 aliphatic carbocycles. The molecule has 0 bridgehead atoms. The first kappa shape index (κ1) is 8.36. The van der Waals surface area contributed by atoms with E-state index in [1.165, 1.54) is 0 Å².